The lowest BCUT2D eigenvalue weighted by atomic mass is 10.2. The van der Waals surface area contributed by atoms with Gasteiger partial charge in [0.2, 0.25) is 0 Å². The Kier molecular flexibility index (Phi) is 4.27. The van der Waals surface area contributed by atoms with Crippen molar-refractivity contribution in [2.24, 2.45) is 5.73 Å². The van der Waals surface area contributed by atoms with Crippen molar-refractivity contribution in [2.75, 3.05) is 18.1 Å². The first-order valence-electron chi connectivity index (χ1n) is 3.06. The van der Waals surface area contributed by atoms with Crippen molar-refractivity contribution in [3.8, 4) is 0 Å². The standard InChI is InChI=1S/C6H15NOS/c1-6(2,8)5-9-4-3-7/h8H,3-5,7H2,1-2H3. The van der Waals surface area contributed by atoms with Crippen molar-refractivity contribution in [1.29, 1.82) is 0 Å². The van der Waals surface area contributed by atoms with Gasteiger partial charge >= 0.3 is 0 Å². The second-order valence-electron chi connectivity index (χ2n) is 2.65. The predicted octanol–water partition coefficient (Wildman–Crippen LogP) is 0.449. The van der Waals surface area contributed by atoms with Gasteiger partial charge in [-0.3, -0.25) is 0 Å². The summed E-state index contributed by atoms with van der Waals surface area (Å²) >= 11 is 1.69. The van der Waals surface area contributed by atoms with E-state index in [4.69, 9.17) is 5.73 Å². The van der Waals surface area contributed by atoms with Gasteiger partial charge in [-0.25, -0.2) is 0 Å². The molecule has 0 aliphatic rings. The highest BCUT2D eigenvalue weighted by Crippen LogP contribution is 2.10. The van der Waals surface area contributed by atoms with E-state index in [1.54, 1.807) is 25.6 Å². The van der Waals surface area contributed by atoms with E-state index in [9.17, 15) is 5.11 Å². The molecule has 9 heavy (non-hydrogen) atoms. The molecule has 3 heteroatoms. The molecule has 0 saturated carbocycles. The zero-order valence-corrected chi connectivity index (χ0v) is 6.87. The van der Waals surface area contributed by atoms with Crippen LogP contribution in [0.1, 0.15) is 13.8 Å². The highest BCUT2D eigenvalue weighted by atomic mass is 32.2. The summed E-state index contributed by atoms with van der Waals surface area (Å²) in [6.45, 7) is 4.30. The normalized spacial score (nSPS) is 12.0. The molecule has 0 fully saturated rings. The Morgan fingerprint density at radius 2 is 2.11 bits per heavy atom. The summed E-state index contributed by atoms with van der Waals surface area (Å²) in [4.78, 5) is 0. The molecule has 0 aromatic heterocycles. The average Bonchev–Trinajstić information content (AvgIpc) is 1.63. The van der Waals surface area contributed by atoms with Crippen molar-refractivity contribution in [2.45, 2.75) is 19.4 Å². The molecule has 56 valence electrons. The molecule has 0 aromatic carbocycles. The van der Waals surface area contributed by atoms with Crippen LogP contribution >= 0.6 is 11.8 Å². The highest BCUT2D eigenvalue weighted by molar-refractivity contribution is 7.99. The van der Waals surface area contributed by atoms with Crippen molar-refractivity contribution in [1.82, 2.24) is 0 Å². The summed E-state index contributed by atoms with van der Waals surface area (Å²) in [6, 6.07) is 0. The van der Waals surface area contributed by atoms with E-state index in [0.717, 1.165) is 11.5 Å². The molecule has 2 nitrogen and oxygen atoms in total. The van der Waals surface area contributed by atoms with Gasteiger partial charge in [0.05, 0.1) is 5.60 Å². The van der Waals surface area contributed by atoms with Gasteiger partial charge < -0.3 is 10.8 Å². The van der Waals surface area contributed by atoms with Gasteiger partial charge in [-0.1, -0.05) is 0 Å². The van der Waals surface area contributed by atoms with E-state index in [2.05, 4.69) is 0 Å². The van der Waals surface area contributed by atoms with E-state index in [1.165, 1.54) is 0 Å². The summed E-state index contributed by atoms with van der Waals surface area (Å²) in [5, 5.41) is 9.18. The summed E-state index contributed by atoms with van der Waals surface area (Å²) in [7, 11) is 0. The lowest BCUT2D eigenvalue weighted by molar-refractivity contribution is 0.107. The van der Waals surface area contributed by atoms with Crippen LogP contribution in [0.25, 0.3) is 0 Å². The van der Waals surface area contributed by atoms with E-state index in [-0.39, 0.29) is 0 Å². The third-order valence-corrected chi connectivity index (χ3v) is 2.15. The third-order valence-electron chi connectivity index (χ3n) is 0.717. The summed E-state index contributed by atoms with van der Waals surface area (Å²) < 4.78 is 0. The number of rotatable bonds is 4. The number of thioether (sulfide) groups is 1. The SMILES string of the molecule is CC(C)(O)CSCCN. The zero-order valence-electron chi connectivity index (χ0n) is 6.05. The molecule has 0 aromatic rings. The van der Waals surface area contributed by atoms with Crippen LogP contribution in [-0.2, 0) is 0 Å². The van der Waals surface area contributed by atoms with Crippen LogP contribution in [0, 0.1) is 0 Å². The Morgan fingerprint density at radius 3 is 2.44 bits per heavy atom. The molecule has 3 N–H and O–H groups in total. The quantitative estimate of drug-likeness (QED) is 0.570. The molecule has 0 rings (SSSR count). The van der Waals surface area contributed by atoms with Gasteiger partial charge in [0.15, 0.2) is 0 Å². The number of hydrogen-bond acceptors (Lipinski definition) is 3. The van der Waals surface area contributed by atoms with Crippen LogP contribution < -0.4 is 5.73 Å². The molecule has 0 aliphatic heterocycles. The second-order valence-corrected chi connectivity index (χ2v) is 3.76. The Hall–Kier alpha value is 0.270. The van der Waals surface area contributed by atoms with Gasteiger partial charge in [0, 0.05) is 18.1 Å². The molecule has 0 aliphatic carbocycles. The van der Waals surface area contributed by atoms with Crippen molar-refractivity contribution in [3.63, 3.8) is 0 Å². The largest absolute Gasteiger partial charge is 0.390 e. The summed E-state index contributed by atoms with van der Waals surface area (Å²) in [5.41, 5.74) is 4.71. The fourth-order valence-corrected chi connectivity index (χ4v) is 1.22. The van der Waals surface area contributed by atoms with Gasteiger partial charge in [0.25, 0.3) is 0 Å². The number of nitrogens with two attached hydrogens (primary N) is 1. The predicted molar refractivity (Wildman–Crippen MR) is 42.7 cm³/mol. The fourth-order valence-electron chi connectivity index (χ4n) is 0.405. The highest BCUT2D eigenvalue weighted by Gasteiger charge is 2.10. The van der Waals surface area contributed by atoms with Gasteiger partial charge in [-0.05, 0) is 13.8 Å². The van der Waals surface area contributed by atoms with Crippen molar-refractivity contribution in [3.05, 3.63) is 0 Å². The van der Waals surface area contributed by atoms with Crippen LogP contribution in [0.4, 0.5) is 0 Å². The van der Waals surface area contributed by atoms with E-state index < -0.39 is 5.60 Å². The van der Waals surface area contributed by atoms with Crippen LogP contribution in [0.2, 0.25) is 0 Å². The van der Waals surface area contributed by atoms with E-state index in [0.29, 0.717) is 6.54 Å². The Balaban J connectivity index is 3.07. The first kappa shape index (κ1) is 9.27. The first-order valence-corrected chi connectivity index (χ1v) is 4.22. The molecule has 0 saturated heterocycles. The summed E-state index contributed by atoms with van der Waals surface area (Å²) in [6.07, 6.45) is 0. The molecule has 0 bridgehead atoms. The second kappa shape index (κ2) is 4.14. The summed E-state index contributed by atoms with van der Waals surface area (Å²) in [5.74, 6) is 1.70. The molecule has 0 unspecified atom stereocenters. The maximum atomic E-state index is 9.18. The molecular formula is C6H15NOS. The molecule has 0 spiro atoms. The minimum Gasteiger partial charge on any atom is -0.390 e. The van der Waals surface area contributed by atoms with Crippen LogP contribution in [0.5, 0.6) is 0 Å². The van der Waals surface area contributed by atoms with Gasteiger partial charge in [-0.2, -0.15) is 11.8 Å². The van der Waals surface area contributed by atoms with Crippen molar-refractivity contribution < 1.29 is 5.11 Å². The molecule has 0 amide bonds. The van der Waals surface area contributed by atoms with Gasteiger partial charge in [0.1, 0.15) is 0 Å². The fraction of sp³-hybridized carbons (Fsp3) is 1.00. The first-order chi connectivity index (χ1) is 4.06. The molecule has 0 atom stereocenters. The lowest BCUT2D eigenvalue weighted by Gasteiger charge is -2.15. The monoisotopic (exact) mass is 149 g/mol. The molecule has 0 radical (unpaired) electrons. The molecule has 0 heterocycles. The van der Waals surface area contributed by atoms with Crippen LogP contribution in [0.15, 0.2) is 0 Å². The zero-order chi connectivity index (χ0) is 7.33. The van der Waals surface area contributed by atoms with Gasteiger partial charge in [-0.15, -0.1) is 0 Å². The Morgan fingerprint density at radius 1 is 1.56 bits per heavy atom. The van der Waals surface area contributed by atoms with Crippen LogP contribution in [0.3, 0.4) is 0 Å². The number of aliphatic hydroxyl groups is 1. The van der Waals surface area contributed by atoms with Crippen molar-refractivity contribution >= 4 is 11.8 Å². The van der Waals surface area contributed by atoms with Crippen LogP contribution in [-0.4, -0.2) is 28.8 Å². The Labute approximate surface area is 60.8 Å². The molecular weight excluding hydrogens is 134 g/mol. The maximum absolute atomic E-state index is 9.18. The lowest BCUT2D eigenvalue weighted by Crippen LogP contribution is -2.22. The topological polar surface area (TPSA) is 46.2 Å². The smallest absolute Gasteiger partial charge is 0.0681 e. The number of hydrogen-bond donors (Lipinski definition) is 2. The average molecular weight is 149 g/mol. The Bertz CT molecular complexity index is 69.9. The van der Waals surface area contributed by atoms with E-state index >= 15 is 0 Å². The van der Waals surface area contributed by atoms with E-state index in [1.807, 2.05) is 0 Å². The minimum absolute atomic E-state index is 0.542. The minimum atomic E-state index is -0.542. The third kappa shape index (κ3) is 8.27. The maximum Gasteiger partial charge on any atom is 0.0681 e.